The van der Waals surface area contributed by atoms with Crippen LogP contribution >= 0.6 is 31.9 Å². The summed E-state index contributed by atoms with van der Waals surface area (Å²) in [4.78, 5) is 1.90. The Labute approximate surface area is 133 Å². The Morgan fingerprint density at radius 3 is 2.15 bits per heavy atom. The maximum atomic E-state index is 12.9. The third-order valence-electron chi connectivity index (χ3n) is 3.29. The molecule has 0 amide bonds. The first-order valence-electron chi connectivity index (χ1n) is 6.33. The molecule has 0 spiro atoms. The molecule has 1 heterocycles. The summed E-state index contributed by atoms with van der Waals surface area (Å²) in [5.41, 5.74) is 0.686. The Balaban J connectivity index is 2.29. The van der Waals surface area contributed by atoms with Gasteiger partial charge in [0.15, 0.2) is 0 Å². The van der Waals surface area contributed by atoms with Crippen LogP contribution in [0.3, 0.4) is 0 Å². The van der Waals surface area contributed by atoms with E-state index in [1.807, 2.05) is 11.0 Å². The van der Waals surface area contributed by atoms with Crippen LogP contribution < -0.4 is 5.32 Å². The molecular formula is C13H15Br2F3N2. The third kappa shape index (κ3) is 4.72. The lowest BCUT2D eigenvalue weighted by Crippen LogP contribution is -2.46. The van der Waals surface area contributed by atoms with Crippen LogP contribution in [0, 0.1) is 0 Å². The zero-order chi connectivity index (χ0) is 14.8. The summed E-state index contributed by atoms with van der Waals surface area (Å²) in [5, 5.41) is 3.17. The fourth-order valence-electron chi connectivity index (χ4n) is 2.44. The van der Waals surface area contributed by atoms with Gasteiger partial charge in [-0.15, -0.1) is 0 Å². The van der Waals surface area contributed by atoms with Crippen molar-refractivity contribution in [3.8, 4) is 0 Å². The van der Waals surface area contributed by atoms with Crippen LogP contribution in [-0.2, 0) is 0 Å². The highest BCUT2D eigenvalue weighted by molar-refractivity contribution is 9.11. The Morgan fingerprint density at radius 2 is 1.65 bits per heavy atom. The van der Waals surface area contributed by atoms with Crippen LogP contribution in [-0.4, -0.2) is 37.3 Å². The van der Waals surface area contributed by atoms with Gasteiger partial charge >= 0.3 is 6.18 Å². The van der Waals surface area contributed by atoms with E-state index in [-0.39, 0.29) is 0 Å². The van der Waals surface area contributed by atoms with E-state index in [1.165, 1.54) is 0 Å². The zero-order valence-corrected chi connectivity index (χ0v) is 13.9. The van der Waals surface area contributed by atoms with E-state index < -0.39 is 18.6 Å². The number of benzene rings is 1. The largest absolute Gasteiger partial charge is 0.390 e. The molecule has 0 radical (unpaired) electrons. The predicted octanol–water partition coefficient (Wildman–Crippen LogP) is 4.11. The molecule has 0 saturated carbocycles. The van der Waals surface area contributed by atoms with Gasteiger partial charge < -0.3 is 5.32 Å². The van der Waals surface area contributed by atoms with Gasteiger partial charge in [0.1, 0.15) is 0 Å². The summed E-state index contributed by atoms with van der Waals surface area (Å²) in [5.74, 6) is 0. The van der Waals surface area contributed by atoms with E-state index in [4.69, 9.17) is 0 Å². The highest BCUT2D eigenvalue weighted by Gasteiger charge is 2.36. The Kier molecular flexibility index (Phi) is 5.50. The monoisotopic (exact) mass is 414 g/mol. The van der Waals surface area contributed by atoms with Crippen LogP contribution in [0.2, 0.25) is 0 Å². The predicted molar refractivity (Wildman–Crippen MR) is 79.7 cm³/mol. The molecule has 1 atom stereocenters. The molecule has 1 aliphatic rings. The SMILES string of the molecule is FC(F)(F)C[C@H](c1cc(Br)cc(Br)c1)N1CCNCC1. The first-order chi connectivity index (χ1) is 9.35. The van der Waals surface area contributed by atoms with Crippen LogP contribution in [0.25, 0.3) is 0 Å². The van der Waals surface area contributed by atoms with E-state index in [0.717, 1.165) is 22.0 Å². The van der Waals surface area contributed by atoms with Gasteiger partial charge in [-0.05, 0) is 23.8 Å². The summed E-state index contributed by atoms with van der Waals surface area (Å²) in [6.45, 7) is 2.71. The second kappa shape index (κ2) is 6.77. The molecule has 0 bridgehead atoms. The summed E-state index contributed by atoms with van der Waals surface area (Å²) in [6.07, 6.45) is -5.00. The standard InChI is InChI=1S/C13H15Br2F3N2/c14-10-5-9(6-11(15)7-10)12(8-13(16,17)18)20-3-1-19-2-4-20/h5-7,12,19H,1-4,8H2/t12-/m1/s1. The van der Waals surface area contributed by atoms with E-state index in [2.05, 4.69) is 37.2 Å². The maximum Gasteiger partial charge on any atom is 0.390 e. The van der Waals surface area contributed by atoms with Gasteiger partial charge in [-0.2, -0.15) is 13.2 Å². The molecule has 2 nitrogen and oxygen atoms in total. The van der Waals surface area contributed by atoms with E-state index in [1.54, 1.807) is 12.1 Å². The molecule has 7 heteroatoms. The summed E-state index contributed by atoms with van der Waals surface area (Å²) >= 11 is 6.69. The number of rotatable bonds is 3. The fourth-order valence-corrected chi connectivity index (χ4v) is 3.77. The molecule has 1 saturated heterocycles. The summed E-state index contributed by atoms with van der Waals surface area (Å²) < 4.78 is 40.2. The highest BCUT2D eigenvalue weighted by Crippen LogP contribution is 2.36. The topological polar surface area (TPSA) is 15.3 Å². The second-order valence-corrected chi connectivity index (χ2v) is 6.66. The molecule has 1 aromatic carbocycles. The Hall–Kier alpha value is -0.110. The first kappa shape index (κ1) is 16.3. The number of hydrogen-bond donors (Lipinski definition) is 1. The van der Waals surface area contributed by atoms with Gasteiger partial charge in [0.05, 0.1) is 6.42 Å². The molecular weight excluding hydrogens is 401 g/mol. The number of nitrogens with one attached hydrogen (secondary N) is 1. The van der Waals surface area contributed by atoms with Crippen molar-refractivity contribution >= 4 is 31.9 Å². The second-order valence-electron chi connectivity index (χ2n) is 4.82. The lowest BCUT2D eigenvalue weighted by Gasteiger charge is -2.35. The van der Waals surface area contributed by atoms with Gasteiger partial charge in [-0.3, -0.25) is 4.90 Å². The maximum absolute atomic E-state index is 12.9. The van der Waals surface area contributed by atoms with Crippen molar-refractivity contribution in [2.24, 2.45) is 0 Å². The average molecular weight is 416 g/mol. The first-order valence-corrected chi connectivity index (χ1v) is 7.91. The molecule has 0 aromatic heterocycles. The fraction of sp³-hybridized carbons (Fsp3) is 0.538. The number of piperazine rings is 1. The van der Waals surface area contributed by atoms with Crippen molar-refractivity contribution < 1.29 is 13.2 Å². The normalized spacial score (nSPS) is 19.1. The van der Waals surface area contributed by atoms with Crippen molar-refractivity contribution in [2.45, 2.75) is 18.6 Å². The minimum absolute atomic E-state index is 0.630. The molecule has 1 aromatic rings. The third-order valence-corrected chi connectivity index (χ3v) is 4.20. The molecule has 1 aliphatic heterocycles. The molecule has 1 N–H and O–H groups in total. The molecule has 1 fully saturated rings. The average Bonchev–Trinajstić information content (AvgIpc) is 2.35. The Morgan fingerprint density at radius 1 is 1.10 bits per heavy atom. The van der Waals surface area contributed by atoms with Gasteiger partial charge in [0.2, 0.25) is 0 Å². The molecule has 0 unspecified atom stereocenters. The quantitative estimate of drug-likeness (QED) is 0.799. The lowest BCUT2D eigenvalue weighted by atomic mass is 10.0. The number of hydrogen-bond acceptors (Lipinski definition) is 2. The lowest BCUT2D eigenvalue weighted by molar-refractivity contribution is -0.148. The van der Waals surface area contributed by atoms with Crippen LogP contribution in [0.5, 0.6) is 0 Å². The van der Waals surface area contributed by atoms with Crippen molar-refractivity contribution in [3.05, 3.63) is 32.7 Å². The van der Waals surface area contributed by atoms with Gasteiger partial charge in [0, 0.05) is 41.2 Å². The van der Waals surface area contributed by atoms with E-state index in [0.29, 0.717) is 18.7 Å². The summed E-state index contributed by atoms with van der Waals surface area (Å²) in [7, 11) is 0. The van der Waals surface area contributed by atoms with E-state index >= 15 is 0 Å². The Bertz CT molecular complexity index is 439. The summed E-state index contributed by atoms with van der Waals surface area (Å²) in [6, 6.07) is 4.73. The van der Waals surface area contributed by atoms with Crippen molar-refractivity contribution in [1.82, 2.24) is 10.2 Å². The number of alkyl halides is 3. The zero-order valence-electron chi connectivity index (χ0n) is 10.7. The van der Waals surface area contributed by atoms with Gasteiger partial charge in [-0.1, -0.05) is 31.9 Å². The van der Waals surface area contributed by atoms with Gasteiger partial charge in [0.25, 0.3) is 0 Å². The minimum Gasteiger partial charge on any atom is -0.314 e. The minimum atomic E-state index is -4.18. The van der Waals surface area contributed by atoms with Crippen LogP contribution in [0.4, 0.5) is 13.2 Å². The molecule has 112 valence electrons. The molecule has 0 aliphatic carbocycles. The molecule has 20 heavy (non-hydrogen) atoms. The van der Waals surface area contributed by atoms with E-state index in [9.17, 15) is 13.2 Å². The smallest absolute Gasteiger partial charge is 0.314 e. The number of halogens is 5. The molecule has 2 rings (SSSR count). The van der Waals surface area contributed by atoms with Crippen LogP contribution in [0.1, 0.15) is 18.0 Å². The van der Waals surface area contributed by atoms with Gasteiger partial charge in [-0.25, -0.2) is 0 Å². The van der Waals surface area contributed by atoms with Crippen molar-refractivity contribution in [2.75, 3.05) is 26.2 Å². The number of nitrogens with zero attached hydrogens (tertiary/aromatic N) is 1. The highest BCUT2D eigenvalue weighted by atomic mass is 79.9. The van der Waals surface area contributed by atoms with Crippen molar-refractivity contribution in [1.29, 1.82) is 0 Å². The van der Waals surface area contributed by atoms with Crippen molar-refractivity contribution in [3.63, 3.8) is 0 Å². The van der Waals surface area contributed by atoms with Crippen LogP contribution in [0.15, 0.2) is 27.1 Å².